The van der Waals surface area contributed by atoms with Gasteiger partial charge >= 0.3 is 0 Å². The molecule has 9 nitrogen and oxygen atoms in total. The molecule has 28 heavy (non-hydrogen) atoms. The summed E-state index contributed by atoms with van der Waals surface area (Å²) in [4.78, 5) is 8.99. The van der Waals surface area contributed by atoms with Crippen molar-refractivity contribution < 1.29 is 13.8 Å². The van der Waals surface area contributed by atoms with Crippen LogP contribution in [0.1, 0.15) is 69.5 Å². The lowest BCUT2D eigenvalue weighted by Crippen LogP contribution is -2.36. The molecule has 0 saturated heterocycles. The summed E-state index contributed by atoms with van der Waals surface area (Å²) in [6.07, 6.45) is 1.43. The van der Waals surface area contributed by atoms with Gasteiger partial charge in [0, 0.05) is 25.1 Å². The first-order valence-electron chi connectivity index (χ1n) is 9.55. The van der Waals surface area contributed by atoms with Gasteiger partial charge in [0.2, 0.25) is 5.89 Å². The number of nitrogens with zero attached hydrogens (tertiary/aromatic N) is 4. The third kappa shape index (κ3) is 6.73. The molecule has 0 radical (unpaired) electrons. The standard InChI is InChI=1S/C18H30N6O3.HI/c1-6-14-13(15(7-2)26-23-14)10-20-18(19-8-3)21-11-16-22-17(24-27-16)12(5)25-9-4;/h12H,6-11H2,1-5H3,(H2,19,20,21);1H. The van der Waals surface area contributed by atoms with Gasteiger partial charge in [0.15, 0.2) is 11.8 Å². The molecule has 0 bridgehead atoms. The van der Waals surface area contributed by atoms with E-state index in [0.29, 0.717) is 37.4 Å². The van der Waals surface area contributed by atoms with Gasteiger partial charge in [-0.15, -0.1) is 24.0 Å². The summed E-state index contributed by atoms with van der Waals surface area (Å²) in [6, 6.07) is 0. The second-order valence-corrected chi connectivity index (χ2v) is 5.93. The van der Waals surface area contributed by atoms with Crippen LogP contribution in [0.2, 0.25) is 0 Å². The number of ether oxygens (including phenoxy) is 1. The van der Waals surface area contributed by atoms with E-state index >= 15 is 0 Å². The molecular formula is C18H31IN6O3. The molecule has 0 aliphatic heterocycles. The first kappa shape index (κ1) is 24.3. The number of rotatable bonds is 10. The predicted octanol–water partition coefficient (Wildman–Crippen LogP) is 3.15. The zero-order valence-electron chi connectivity index (χ0n) is 17.2. The lowest BCUT2D eigenvalue weighted by atomic mass is 10.1. The minimum absolute atomic E-state index is 0. The van der Waals surface area contributed by atoms with Crippen LogP contribution in [-0.4, -0.2) is 34.4 Å². The maximum atomic E-state index is 5.47. The van der Waals surface area contributed by atoms with E-state index in [1.54, 1.807) is 0 Å². The molecule has 0 spiro atoms. The molecule has 1 atom stereocenters. The Kier molecular flexibility index (Phi) is 11.0. The molecule has 2 aromatic heterocycles. The van der Waals surface area contributed by atoms with Crippen LogP contribution in [0.3, 0.4) is 0 Å². The van der Waals surface area contributed by atoms with Crippen molar-refractivity contribution in [2.24, 2.45) is 4.99 Å². The molecule has 0 aliphatic carbocycles. The van der Waals surface area contributed by atoms with E-state index in [-0.39, 0.29) is 30.1 Å². The number of guanidine groups is 1. The Balaban J connectivity index is 0.00000392. The fraction of sp³-hybridized carbons (Fsp3) is 0.667. The molecule has 0 aliphatic rings. The summed E-state index contributed by atoms with van der Waals surface area (Å²) >= 11 is 0. The van der Waals surface area contributed by atoms with Crippen molar-refractivity contribution in [3.05, 3.63) is 28.7 Å². The monoisotopic (exact) mass is 506 g/mol. The third-order valence-electron chi connectivity index (χ3n) is 4.02. The molecule has 0 fully saturated rings. The van der Waals surface area contributed by atoms with Crippen LogP contribution < -0.4 is 10.6 Å². The van der Waals surface area contributed by atoms with E-state index < -0.39 is 0 Å². The molecule has 0 saturated carbocycles. The molecule has 1 unspecified atom stereocenters. The summed E-state index contributed by atoms with van der Waals surface area (Å²) < 4.78 is 16.1. The summed E-state index contributed by atoms with van der Waals surface area (Å²) in [5.41, 5.74) is 2.01. The lowest BCUT2D eigenvalue weighted by molar-refractivity contribution is 0.0683. The normalized spacial score (nSPS) is 12.5. The average Bonchev–Trinajstić information content (AvgIpc) is 3.30. The number of hydrogen-bond acceptors (Lipinski definition) is 7. The molecular weight excluding hydrogens is 475 g/mol. The number of aromatic nitrogens is 3. The zero-order valence-corrected chi connectivity index (χ0v) is 19.6. The Morgan fingerprint density at radius 2 is 1.89 bits per heavy atom. The van der Waals surface area contributed by atoms with E-state index in [2.05, 4.69) is 37.8 Å². The number of nitrogens with one attached hydrogen (secondary N) is 2. The zero-order chi connectivity index (χ0) is 19.6. The van der Waals surface area contributed by atoms with Crippen LogP contribution in [0, 0.1) is 0 Å². The van der Waals surface area contributed by atoms with Gasteiger partial charge in [-0.3, -0.25) is 0 Å². The summed E-state index contributed by atoms with van der Waals surface area (Å²) in [5.74, 6) is 2.58. The summed E-state index contributed by atoms with van der Waals surface area (Å²) in [6.45, 7) is 12.2. The van der Waals surface area contributed by atoms with Crippen LogP contribution in [0.4, 0.5) is 0 Å². The van der Waals surface area contributed by atoms with Crippen LogP contribution in [0.15, 0.2) is 14.0 Å². The van der Waals surface area contributed by atoms with Crippen molar-refractivity contribution in [3.63, 3.8) is 0 Å². The third-order valence-corrected chi connectivity index (χ3v) is 4.02. The Hall–Kier alpha value is -1.69. The molecule has 10 heteroatoms. The average molecular weight is 506 g/mol. The highest BCUT2D eigenvalue weighted by Crippen LogP contribution is 2.17. The van der Waals surface area contributed by atoms with Crippen LogP contribution in [-0.2, 0) is 30.7 Å². The molecule has 0 amide bonds. The van der Waals surface area contributed by atoms with E-state index in [0.717, 1.165) is 36.4 Å². The maximum Gasteiger partial charge on any atom is 0.246 e. The molecule has 2 aromatic rings. The highest BCUT2D eigenvalue weighted by molar-refractivity contribution is 14.0. The van der Waals surface area contributed by atoms with Gasteiger partial charge in [-0.2, -0.15) is 4.98 Å². The second kappa shape index (κ2) is 12.7. The SMILES string of the molecule is CCNC(=NCc1c(CC)noc1CC)NCc1nc(C(C)OCC)no1.I. The van der Waals surface area contributed by atoms with Crippen molar-refractivity contribution >= 4 is 29.9 Å². The second-order valence-electron chi connectivity index (χ2n) is 5.93. The number of hydrogen-bond donors (Lipinski definition) is 2. The smallest absolute Gasteiger partial charge is 0.246 e. The van der Waals surface area contributed by atoms with E-state index in [9.17, 15) is 0 Å². The Morgan fingerprint density at radius 1 is 1.11 bits per heavy atom. The van der Waals surface area contributed by atoms with E-state index in [1.165, 1.54) is 0 Å². The van der Waals surface area contributed by atoms with Crippen molar-refractivity contribution in [3.8, 4) is 0 Å². The highest BCUT2D eigenvalue weighted by atomic mass is 127. The fourth-order valence-electron chi connectivity index (χ4n) is 2.61. The largest absolute Gasteiger partial charge is 0.371 e. The molecule has 2 heterocycles. The molecule has 2 N–H and O–H groups in total. The van der Waals surface area contributed by atoms with Crippen molar-refractivity contribution in [1.82, 2.24) is 25.9 Å². The summed E-state index contributed by atoms with van der Waals surface area (Å²) in [5, 5.41) is 14.5. The quantitative estimate of drug-likeness (QED) is 0.287. The van der Waals surface area contributed by atoms with Crippen molar-refractivity contribution in [2.75, 3.05) is 13.2 Å². The van der Waals surface area contributed by atoms with Gasteiger partial charge < -0.3 is 24.4 Å². The first-order chi connectivity index (χ1) is 13.1. The van der Waals surface area contributed by atoms with Crippen molar-refractivity contribution in [1.29, 1.82) is 0 Å². The molecule has 158 valence electrons. The van der Waals surface area contributed by atoms with Gasteiger partial charge in [0.1, 0.15) is 11.9 Å². The van der Waals surface area contributed by atoms with Gasteiger partial charge in [-0.1, -0.05) is 24.2 Å². The minimum Gasteiger partial charge on any atom is -0.371 e. The van der Waals surface area contributed by atoms with E-state index in [4.69, 9.17) is 13.8 Å². The topological polar surface area (TPSA) is 111 Å². The fourth-order valence-corrected chi connectivity index (χ4v) is 2.61. The predicted molar refractivity (Wildman–Crippen MR) is 117 cm³/mol. The molecule has 2 rings (SSSR count). The van der Waals surface area contributed by atoms with Crippen molar-refractivity contribution in [2.45, 2.75) is 66.7 Å². The summed E-state index contributed by atoms with van der Waals surface area (Å²) in [7, 11) is 0. The Bertz CT molecular complexity index is 709. The minimum atomic E-state index is -0.192. The van der Waals surface area contributed by atoms with Gasteiger partial charge in [-0.25, -0.2) is 4.99 Å². The Morgan fingerprint density at radius 3 is 2.54 bits per heavy atom. The number of aliphatic imine (C=N–C) groups is 1. The van der Waals surface area contributed by atoms with Gasteiger partial charge in [0.05, 0.1) is 18.8 Å². The van der Waals surface area contributed by atoms with Crippen LogP contribution >= 0.6 is 24.0 Å². The van der Waals surface area contributed by atoms with Crippen LogP contribution in [0.25, 0.3) is 0 Å². The molecule has 0 aromatic carbocycles. The van der Waals surface area contributed by atoms with Crippen LogP contribution in [0.5, 0.6) is 0 Å². The van der Waals surface area contributed by atoms with Gasteiger partial charge in [0.25, 0.3) is 0 Å². The Labute approximate surface area is 183 Å². The lowest BCUT2D eigenvalue weighted by Gasteiger charge is -2.09. The number of halogens is 1. The first-order valence-corrected chi connectivity index (χ1v) is 9.55. The van der Waals surface area contributed by atoms with Gasteiger partial charge in [-0.05, 0) is 27.2 Å². The van der Waals surface area contributed by atoms with E-state index in [1.807, 2.05) is 27.7 Å². The number of aryl methyl sites for hydroxylation is 2. The maximum absolute atomic E-state index is 5.47. The highest BCUT2D eigenvalue weighted by Gasteiger charge is 2.15.